The maximum absolute atomic E-state index is 6.22. The Hall–Kier alpha value is -2.34. The van der Waals surface area contributed by atoms with Crippen molar-refractivity contribution < 1.29 is 9.47 Å². The molecule has 5 rings (SSSR count). The average Bonchev–Trinajstić information content (AvgIpc) is 3.75. The van der Waals surface area contributed by atoms with Gasteiger partial charge in [0.1, 0.15) is 0 Å². The number of rotatable bonds is 27. The van der Waals surface area contributed by atoms with Crippen molar-refractivity contribution in [1.82, 2.24) is 4.57 Å². The number of aryl methyl sites for hydroxylation is 1. The summed E-state index contributed by atoms with van der Waals surface area (Å²) in [6, 6.07) is 27.4. The summed E-state index contributed by atoms with van der Waals surface area (Å²) in [7, 11) is 0. The summed E-state index contributed by atoms with van der Waals surface area (Å²) < 4.78 is 18.6. The van der Waals surface area contributed by atoms with E-state index in [1.54, 1.807) is 4.26 Å². The van der Waals surface area contributed by atoms with Crippen LogP contribution in [-0.2, 0) is 6.54 Å². The summed E-state index contributed by atoms with van der Waals surface area (Å²) in [4.78, 5) is 10.2. The Bertz CT molecular complexity index is 1760. The summed E-state index contributed by atoms with van der Waals surface area (Å²) >= 11 is -1.73. The Morgan fingerprint density at radius 3 is 1.45 bits per heavy atom. The van der Waals surface area contributed by atoms with Crippen LogP contribution in [-0.4, -0.2) is 50.7 Å². The zero-order valence-corrected chi connectivity index (χ0v) is 40.0. The van der Waals surface area contributed by atoms with Gasteiger partial charge in [-0.25, -0.2) is 0 Å². The standard InChI is InChI=1S/C46H63N2O2Se.3CH3.Sn/c1-4-7-10-13-16-19-33-47-44-32-36-51-46(44)43-31-26-40(37-45(43)47)48(38-22-27-41(28-23-38)49-34-20-17-14-11-8-5-2)39-24-29-42(30-25-39)50-35-21-18-15-12-9-6-3;;;;/h22-32,37H,4-21,33-35H2,1-3H3;3*1H3;. The molecule has 0 aliphatic heterocycles. The molecule has 4 nitrogen and oxygen atoms in total. The molecule has 6 heteroatoms. The number of anilines is 3. The monoisotopic (exact) mass is 920 g/mol. The van der Waals surface area contributed by atoms with Crippen molar-refractivity contribution in [3.63, 3.8) is 0 Å². The second-order valence-electron chi connectivity index (χ2n) is 16.8. The molecular formula is C49H72N2O2SeSn. The fraction of sp³-hybridized carbons (Fsp3) is 0.551. The molecule has 0 N–H and O–H groups in total. The van der Waals surface area contributed by atoms with E-state index in [9.17, 15) is 0 Å². The van der Waals surface area contributed by atoms with Crippen molar-refractivity contribution in [1.29, 1.82) is 0 Å². The molecule has 3 aromatic carbocycles. The molecule has 0 radical (unpaired) electrons. The number of unbranched alkanes of at least 4 members (excludes halogenated alkanes) is 15. The van der Waals surface area contributed by atoms with E-state index in [1.165, 1.54) is 125 Å². The predicted molar refractivity (Wildman–Crippen MR) is 245 cm³/mol. The first-order chi connectivity index (χ1) is 26.8. The molecular weight excluding hydrogens is 846 g/mol. The Balaban J connectivity index is 1.42. The molecule has 5 aromatic rings. The van der Waals surface area contributed by atoms with Crippen molar-refractivity contribution in [2.24, 2.45) is 0 Å². The summed E-state index contributed by atoms with van der Waals surface area (Å²) in [5.74, 6) is 1.90. The van der Waals surface area contributed by atoms with Gasteiger partial charge in [-0.1, -0.05) is 78.1 Å². The van der Waals surface area contributed by atoms with Gasteiger partial charge in [0.15, 0.2) is 0 Å². The van der Waals surface area contributed by atoms with Gasteiger partial charge in [-0.3, -0.25) is 0 Å². The SMILES string of the molecule is CCCCCCCCOc1ccc(N(c2ccc(OCCCCCCCC)cc2)c2ccc3c4[se][c]([Sn]([CH3])([CH3])[CH3])cc4n(CCCCCCCC)c3c2)cc1. The van der Waals surface area contributed by atoms with Crippen molar-refractivity contribution in [2.45, 2.75) is 158 Å². The molecule has 0 unspecified atom stereocenters. The van der Waals surface area contributed by atoms with Gasteiger partial charge in [-0.2, -0.15) is 0 Å². The van der Waals surface area contributed by atoms with E-state index >= 15 is 0 Å². The summed E-state index contributed by atoms with van der Waals surface area (Å²) in [6.07, 6.45) is 23.2. The van der Waals surface area contributed by atoms with Crippen molar-refractivity contribution in [3.05, 3.63) is 72.8 Å². The quantitative estimate of drug-likeness (QED) is 0.0388. The van der Waals surface area contributed by atoms with Gasteiger partial charge < -0.3 is 0 Å². The van der Waals surface area contributed by atoms with Crippen molar-refractivity contribution >= 4 is 73.1 Å². The number of fused-ring (bicyclic) bond motifs is 3. The van der Waals surface area contributed by atoms with Crippen LogP contribution < -0.4 is 16.8 Å². The average molecular weight is 919 g/mol. The Morgan fingerprint density at radius 1 is 0.509 bits per heavy atom. The fourth-order valence-corrected chi connectivity index (χ4v) is 17.9. The minimum absolute atomic E-state index is 0.437. The van der Waals surface area contributed by atoms with Gasteiger partial charge in [0.25, 0.3) is 0 Å². The molecule has 0 saturated heterocycles. The van der Waals surface area contributed by atoms with Crippen LogP contribution in [0.2, 0.25) is 14.8 Å². The van der Waals surface area contributed by atoms with Crippen LogP contribution >= 0.6 is 0 Å². The van der Waals surface area contributed by atoms with Crippen LogP contribution in [0.1, 0.15) is 136 Å². The van der Waals surface area contributed by atoms with E-state index in [0.29, 0.717) is 14.5 Å². The number of aromatic nitrogens is 1. The second-order valence-corrected chi connectivity index (χ2v) is 35.7. The third-order valence-electron chi connectivity index (χ3n) is 11.0. The van der Waals surface area contributed by atoms with Crippen LogP contribution in [0.15, 0.2) is 72.8 Å². The molecule has 0 atom stereocenters. The third kappa shape index (κ3) is 13.1. The second kappa shape index (κ2) is 23.2. The van der Waals surface area contributed by atoms with Crippen LogP contribution in [0.5, 0.6) is 11.5 Å². The molecule has 2 heterocycles. The fourth-order valence-electron chi connectivity index (χ4n) is 7.61. The topological polar surface area (TPSA) is 26.6 Å². The molecule has 55 heavy (non-hydrogen) atoms. The van der Waals surface area contributed by atoms with Gasteiger partial charge in [0, 0.05) is 0 Å². The summed E-state index contributed by atoms with van der Waals surface area (Å²) in [5.41, 5.74) is 6.37. The van der Waals surface area contributed by atoms with Crippen LogP contribution in [0.3, 0.4) is 0 Å². The zero-order chi connectivity index (χ0) is 38.9. The molecule has 0 bridgehead atoms. The van der Waals surface area contributed by atoms with Gasteiger partial charge in [-0.05, 0) is 12.8 Å². The van der Waals surface area contributed by atoms with E-state index in [0.717, 1.165) is 55.5 Å². The van der Waals surface area contributed by atoms with E-state index in [4.69, 9.17) is 9.47 Å². The van der Waals surface area contributed by atoms with Crippen molar-refractivity contribution in [3.8, 4) is 11.5 Å². The van der Waals surface area contributed by atoms with E-state index in [2.05, 4.69) is 118 Å². The molecule has 0 amide bonds. The normalized spacial score (nSPS) is 11.9. The number of hydrogen-bond acceptors (Lipinski definition) is 3. The number of benzene rings is 3. The van der Waals surface area contributed by atoms with Crippen LogP contribution in [0.25, 0.3) is 20.7 Å². The molecule has 2 aromatic heterocycles. The number of ether oxygens (including phenoxy) is 2. The number of hydrogen-bond donors (Lipinski definition) is 0. The number of nitrogens with zero attached hydrogens (tertiary/aromatic N) is 2. The van der Waals surface area contributed by atoms with E-state index in [-0.39, 0.29) is 0 Å². The Labute approximate surface area is 345 Å². The zero-order valence-electron chi connectivity index (χ0n) is 35.4. The van der Waals surface area contributed by atoms with Gasteiger partial charge in [-0.15, -0.1) is 0 Å². The van der Waals surface area contributed by atoms with Crippen LogP contribution in [0, 0.1) is 0 Å². The maximum atomic E-state index is 6.22. The molecule has 0 aliphatic carbocycles. The summed E-state index contributed by atoms with van der Waals surface area (Å²) in [6.45, 7) is 9.51. The Kier molecular flexibility index (Phi) is 18.4. The van der Waals surface area contributed by atoms with E-state index in [1.807, 2.05) is 2.45 Å². The van der Waals surface area contributed by atoms with Crippen molar-refractivity contribution in [2.75, 3.05) is 18.1 Å². The van der Waals surface area contributed by atoms with Gasteiger partial charge in [0.05, 0.1) is 0 Å². The molecule has 300 valence electrons. The first kappa shape index (κ1) is 43.8. The summed E-state index contributed by atoms with van der Waals surface area (Å²) in [5, 5.41) is 1.46. The van der Waals surface area contributed by atoms with Gasteiger partial charge >= 0.3 is 256 Å². The molecule has 0 fully saturated rings. The third-order valence-corrected chi connectivity index (χ3v) is 27.8. The minimum atomic E-state index is -2.16. The Morgan fingerprint density at radius 2 is 0.964 bits per heavy atom. The first-order valence-electron chi connectivity index (χ1n) is 22.2. The van der Waals surface area contributed by atoms with Gasteiger partial charge in [0.2, 0.25) is 0 Å². The van der Waals surface area contributed by atoms with Crippen LogP contribution in [0.4, 0.5) is 17.1 Å². The first-order valence-corrected chi connectivity index (χ1v) is 33.9. The molecule has 0 spiro atoms. The predicted octanol–water partition coefficient (Wildman–Crippen LogP) is 14.7. The van der Waals surface area contributed by atoms with E-state index < -0.39 is 18.4 Å². The molecule has 0 aliphatic rings. The molecule has 0 saturated carbocycles.